The average molecular weight is 355 g/mol. The highest BCUT2D eigenvalue weighted by atomic mass is 16.7. The molecule has 2 aliphatic heterocycles. The van der Waals surface area contributed by atoms with Crippen LogP contribution in [0, 0.1) is 0 Å². The molecule has 0 aromatic heterocycles. The molecule has 2 aliphatic rings. The fraction of sp³-hybridized carbons (Fsp3) is 0.350. The molecule has 0 saturated carbocycles. The Morgan fingerprint density at radius 1 is 1.12 bits per heavy atom. The van der Waals surface area contributed by atoms with Gasteiger partial charge in [0.25, 0.3) is 5.91 Å². The van der Waals surface area contributed by atoms with Gasteiger partial charge in [-0.2, -0.15) is 0 Å². The maximum atomic E-state index is 12.3. The van der Waals surface area contributed by atoms with Crippen molar-refractivity contribution < 1.29 is 23.7 Å². The van der Waals surface area contributed by atoms with Crippen LogP contribution in [0.2, 0.25) is 0 Å². The molecule has 26 heavy (non-hydrogen) atoms. The lowest BCUT2D eigenvalue weighted by molar-refractivity contribution is 0.0679. The third-order valence-electron chi connectivity index (χ3n) is 4.47. The summed E-state index contributed by atoms with van der Waals surface area (Å²) in [5.41, 5.74) is 1.55. The lowest BCUT2D eigenvalue weighted by atomic mass is 10.1. The van der Waals surface area contributed by atoms with Crippen molar-refractivity contribution in [3.05, 3.63) is 53.6 Å². The number of nitrogens with one attached hydrogen (secondary N) is 1. The molecule has 0 aliphatic carbocycles. The van der Waals surface area contributed by atoms with E-state index in [1.807, 2.05) is 30.3 Å². The smallest absolute Gasteiger partial charge is 0.251 e. The van der Waals surface area contributed by atoms with Crippen molar-refractivity contribution >= 4 is 5.91 Å². The predicted molar refractivity (Wildman–Crippen MR) is 94.6 cm³/mol. The molecule has 0 spiro atoms. The van der Waals surface area contributed by atoms with Crippen LogP contribution in [-0.2, 0) is 11.3 Å². The molecule has 0 bridgehead atoms. The first-order chi connectivity index (χ1) is 12.8. The van der Waals surface area contributed by atoms with Gasteiger partial charge in [-0.05, 0) is 54.8 Å². The van der Waals surface area contributed by atoms with Gasteiger partial charge in [0, 0.05) is 18.7 Å². The van der Waals surface area contributed by atoms with Gasteiger partial charge in [0.2, 0.25) is 6.79 Å². The second kappa shape index (κ2) is 7.66. The van der Waals surface area contributed by atoms with Crippen molar-refractivity contribution in [2.24, 2.45) is 0 Å². The Labute approximate surface area is 152 Å². The molecule has 2 heterocycles. The zero-order valence-electron chi connectivity index (χ0n) is 14.4. The number of carbonyl (C=O) groups excluding carboxylic acids is 1. The normalized spacial score (nSPS) is 17.9. The van der Waals surface area contributed by atoms with Crippen LogP contribution in [-0.4, -0.2) is 32.0 Å². The van der Waals surface area contributed by atoms with Crippen molar-refractivity contribution in [3.63, 3.8) is 0 Å². The molecule has 1 amide bonds. The van der Waals surface area contributed by atoms with Crippen LogP contribution >= 0.6 is 0 Å². The molecule has 2 aromatic carbocycles. The minimum absolute atomic E-state index is 0.131. The molecule has 6 nitrogen and oxygen atoms in total. The van der Waals surface area contributed by atoms with Crippen LogP contribution in [0.5, 0.6) is 17.2 Å². The molecular weight excluding hydrogens is 334 g/mol. The van der Waals surface area contributed by atoms with E-state index in [-0.39, 0.29) is 18.8 Å². The maximum absolute atomic E-state index is 12.3. The van der Waals surface area contributed by atoms with Gasteiger partial charge in [0.05, 0.1) is 6.10 Å². The number of carbonyl (C=O) groups is 1. The highest BCUT2D eigenvalue weighted by molar-refractivity contribution is 5.94. The third kappa shape index (κ3) is 3.91. The number of hydrogen-bond acceptors (Lipinski definition) is 5. The quantitative estimate of drug-likeness (QED) is 0.863. The van der Waals surface area contributed by atoms with Gasteiger partial charge in [0.15, 0.2) is 11.5 Å². The summed E-state index contributed by atoms with van der Waals surface area (Å²) >= 11 is 0. The van der Waals surface area contributed by atoms with Crippen LogP contribution in [0.15, 0.2) is 42.5 Å². The Hall–Kier alpha value is -2.73. The van der Waals surface area contributed by atoms with Crippen molar-refractivity contribution in [3.8, 4) is 17.2 Å². The highest BCUT2D eigenvalue weighted by Gasteiger charge is 2.16. The maximum Gasteiger partial charge on any atom is 0.251 e. The zero-order chi connectivity index (χ0) is 17.8. The minimum atomic E-state index is -0.131. The molecule has 0 radical (unpaired) electrons. The lowest BCUT2D eigenvalue weighted by Crippen LogP contribution is -2.22. The summed E-state index contributed by atoms with van der Waals surface area (Å²) < 4.78 is 21.9. The van der Waals surface area contributed by atoms with E-state index < -0.39 is 0 Å². The van der Waals surface area contributed by atoms with Crippen LogP contribution < -0.4 is 19.5 Å². The van der Waals surface area contributed by atoms with Crippen LogP contribution in [0.1, 0.15) is 28.8 Å². The monoisotopic (exact) mass is 355 g/mol. The van der Waals surface area contributed by atoms with E-state index >= 15 is 0 Å². The first-order valence-corrected chi connectivity index (χ1v) is 8.79. The van der Waals surface area contributed by atoms with E-state index in [4.69, 9.17) is 18.9 Å². The number of amides is 1. The van der Waals surface area contributed by atoms with Gasteiger partial charge in [-0.3, -0.25) is 4.79 Å². The minimum Gasteiger partial charge on any atom is -0.491 e. The molecule has 136 valence electrons. The Morgan fingerprint density at radius 3 is 2.77 bits per heavy atom. The average Bonchev–Trinajstić information content (AvgIpc) is 3.36. The summed E-state index contributed by atoms with van der Waals surface area (Å²) in [6, 6.07) is 12.8. The van der Waals surface area contributed by atoms with Gasteiger partial charge in [-0.15, -0.1) is 0 Å². The topological polar surface area (TPSA) is 66.0 Å². The lowest BCUT2D eigenvalue weighted by Gasteiger charge is -2.12. The number of ether oxygens (including phenoxy) is 4. The molecule has 1 atom stereocenters. The van der Waals surface area contributed by atoms with Crippen LogP contribution in [0.3, 0.4) is 0 Å². The number of hydrogen-bond donors (Lipinski definition) is 1. The highest BCUT2D eigenvalue weighted by Crippen LogP contribution is 2.32. The number of rotatable bonds is 6. The Kier molecular flexibility index (Phi) is 4.93. The van der Waals surface area contributed by atoms with Gasteiger partial charge < -0.3 is 24.3 Å². The SMILES string of the molecule is O=C(NCc1ccc2c(c1)OCO2)c1ccc(OC[C@H]2CCCO2)cc1. The van der Waals surface area contributed by atoms with E-state index in [1.165, 1.54) is 0 Å². The molecule has 0 unspecified atom stereocenters. The van der Waals surface area contributed by atoms with Gasteiger partial charge >= 0.3 is 0 Å². The summed E-state index contributed by atoms with van der Waals surface area (Å²) in [4.78, 5) is 12.3. The summed E-state index contributed by atoms with van der Waals surface area (Å²) in [6.45, 7) is 2.03. The number of benzene rings is 2. The fourth-order valence-electron chi connectivity index (χ4n) is 3.00. The Balaban J connectivity index is 1.28. The summed E-state index contributed by atoms with van der Waals surface area (Å²) in [5.74, 6) is 2.06. The van der Waals surface area contributed by atoms with Gasteiger partial charge in [-0.1, -0.05) is 6.07 Å². The first-order valence-electron chi connectivity index (χ1n) is 8.79. The van der Waals surface area contributed by atoms with E-state index in [2.05, 4.69) is 5.32 Å². The van der Waals surface area contributed by atoms with E-state index in [9.17, 15) is 4.79 Å². The Bertz CT molecular complexity index is 768. The zero-order valence-corrected chi connectivity index (χ0v) is 14.4. The van der Waals surface area contributed by atoms with Crippen molar-refractivity contribution in [2.45, 2.75) is 25.5 Å². The summed E-state index contributed by atoms with van der Waals surface area (Å²) in [6.07, 6.45) is 2.32. The molecule has 1 N–H and O–H groups in total. The third-order valence-corrected chi connectivity index (χ3v) is 4.47. The second-order valence-electron chi connectivity index (χ2n) is 6.34. The van der Waals surface area contributed by atoms with Crippen LogP contribution in [0.25, 0.3) is 0 Å². The van der Waals surface area contributed by atoms with Crippen molar-refractivity contribution in [1.29, 1.82) is 0 Å². The van der Waals surface area contributed by atoms with E-state index in [0.29, 0.717) is 24.5 Å². The Morgan fingerprint density at radius 2 is 1.96 bits per heavy atom. The van der Waals surface area contributed by atoms with Crippen LogP contribution in [0.4, 0.5) is 0 Å². The van der Waals surface area contributed by atoms with E-state index in [1.54, 1.807) is 12.1 Å². The first kappa shape index (κ1) is 16.7. The summed E-state index contributed by atoms with van der Waals surface area (Å²) in [7, 11) is 0. The number of fused-ring (bicyclic) bond motifs is 1. The largest absolute Gasteiger partial charge is 0.491 e. The molecule has 1 saturated heterocycles. The van der Waals surface area contributed by atoms with Crippen molar-refractivity contribution in [2.75, 3.05) is 20.0 Å². The second-order valence-corrected chi connectivity index (χ2v) is 6.34. The fourth-order valence-corrected chi connectivity index (χ4v) is 3.00. The van der Waals surface area contributed by atoms with Crippen molar-refractivity contribution in [1.82, 2.24) is 5.32 Å². The van der Waals surface area contributed by atoms with Gasteiger partial charge in [0.1, 0.15) is 12.4 Å². The molecule has 2 aromatic rings. The van der Waals surface area contributed by atoms with Gasteiger partial charge in [-0.25, -0.2) is 0 Å². The molecule has 1 fully saturated rings. The summed E-state index contributed by atoms with van der Waals surface area (Å²) in [5, 5.41) is 2.91. The standard InChI is InChI=1S/C20H21NO5/c22-20(21-11-14-3-8-18-19(10-14)26-13-25-18)15-4-6-16(7-5-15)24-12-17-2-1-9-23-17/h3-8,10,17H,1-2,9,11-13H2,(H,21,22)/t17-/m1/s1. The predicted octanol–water partition coefficient (Wildman–Crippen LogP) is 2.90. The molecular formula is C20H21NO5. The molecule has 6 heteroatoms. The van der Waals surface area contributed by atoms with E-state index in [0.717, 1.165) is 36.5 Å². The molecule has 4 rings (SSSR count).